The number of aromatic nitrogens is 3. The largest absolute Gasteiger partial charge is 0.355 e. The summed E-state index contributed by atoms with van der Waals surface area (Å²) in [6, 6.07) is 10.3. The van der Waals surface area contributed by atoms with Crippen LogP contribution in [0.3, 0.4) is 0 Å². The molecule has 1 aliphatic rings. The Kier molecular flexibility index (Phi) is 7.47. The maximum Gasteiger partial charge on any atom is 0.224 e. The smallest absolute Gasteiger partial charge is 0.224 e. The molecule has 2 heterocycles. The lowest BCUT2D eigenvalue weighted by atomic mass is 9.96. The van der Waals surface area contributed by atoms with E-state index in [1.807, 2.05) is 30.0 Å². The van der Waals surface area contributed by atoms with Gasteiger partial charge in [-0.25, -0.2) is 4.98 Å². The van der Waals surface area contributed by atoms with Gasteiger partial charge in [-0.15, -0.1) is 5.10 Å². The zero-order valence-corrected chi connectivity index (χ0v) is 17.0. The Morgan fingerprint density at radius 1 is 1.36 bits per heavy atom. The van der Waals surface area contributed by atoms with E-state index in [0.29, 0.717) is 37.6 Å². The highest BCUT2D eigenvalue weighted by atomic mass is 32.2. The Morgan fingerprint density at radius 2 is 2.18 bits per heavy atom. The number of piperidine rings is 1. The van der Waals surface area contributed by atoms with Gasteiger partial charge in [-0.05, 0) is 31.7 Å². The zero-order chi connectivity index (χ0) is 19.8. The molecule has 0 spiro atoms. The SMILES string of the molecule is Cc1nc(SCCNC(=O)[C@H]2CCC(=O)N(CCCc3ccccc3)C2)n[nH]1. The maximum atomic E-state index is 12.5. The van der Waals surface area contributed by atoms with Crippen molar-refractivity contribution in [2.75, 3.05) is 25.4 Å². The van der Waals surface area contributed by atoms with Gasteiger partial charge < -0.3 is 10.2 Å². The number of thioether (sulfide) groups is 1. The first-order valence-corrected chi connectivity index (χ1v) is 10.7. The van der Waals surface area contributed by atoms with Gasteiger partial charge in [-0.2, -0.15) is 0 Å². The third-order valence-electron chi connectivity index (χ3n) is 4.82. The Labute approximate surface area is 169 Å². The van der Waals surface area contributed by atoms with Crippen molar-refractivity contribution in [3.05, 3.63) is 41.7 Å². The summed E-state index contributed by atoms with van der Waals surface area (Å²) in [5.74, 6) is 1.58. The van der Waals surface area contributed by atoms with Gasteiger partial charge in [0.25, 0.3) is 0 Å². The Balaban J connectivity index is 1.37. The lowest BCUT2D eigenvalue weighted by molar-refractivity contribution is -0.138. The Morgan fingerprint density at radius 3 is 2.93 bits per heavy atom. The Bertz CT molecular complexity index is 780. The molecule has 2 amide bonds. The molecule has 1 aliphatic heterocycles. The first-order valence-electron chi connectivity index (χ1n) is 9.73. The van der Waals surface area contributed by atoms with Gasteiger partial charge in [0.1, 0.15) is 5.82 Å². The summed E-state index contributed by atoms with van der Waals surface area (Å²) in [6.45, 7) is 3.65. The topological polar surface area (TPSA) is 91.0 Å². The highest BCUT2D eigenvalue weighted by Crippen LogP contribution is 2.19. The summed E-state index contributed by atoms with van der Waals surface area (Å²) < 4.78 is 0. The van der Waals surface area contributed by atoms with Crippen molar-refractivity contribution in [1.29, 1.82) is 0 Å². The number of aryl methyl sites for hydroxylation is 2. The first-order chi connectivity index (χ1) is 13.6. The Hall–Kier alpha value is -2.35. The van der Waals surface area contributed by atoms with Crippen LogP contribution in [-0.4, -0.2) is 57.3 Å². The fourth-order valence-electron chi connectivity index (χ4n) is 3.31. The third kappa shape index (κ3) is 6.09. The molecular formula is C20H27N5O2S. The van der Waals surface area contributed by atoms with Crippen LogP contribution in [0, 0.1) is 12.8 Å². The van der Waals surface area contributed by atoms with Crippen LogP contribution in [0.4, 0.5) is 0 Å². The van der Waals surface area contributed by atoms with E-state index in [9.17, 15) is 9.59 Å². The van der Waals surface area contributed by atoms with E-state index in [0.717, 1.165) is 24.4 Å². The molecule has 1 saturated heterocycles. The van der Waals surface area contributed by atoms with Crippen molar-refractivity contribution in [1.82, 2.24) is 25.4 Å². The minimum Gasteiger partial charge on any atom is -0.355 e. The number of carbonyl (C=O) groups is 2. The van der Waals surface area contributed by atoms with E-state index >= 15 is 0 Å². The van der Waals surface area contributed by atoms with Gasteiger partial charge in [0.05, 0.1) is 5.92 Å². The number of rotatable bonds is 9. The molecule has 2 N–H and O–H groups in total. The van der Waals surface area contributed by atoms with Crippen molar-refractivity contribution < 1.29 is 9.59 Å². The molecule has 7 nitrogen and oxygen atoms in total. The fraction of sp³-hybridized carbons (Fsp3) is 0.500. The molecule has 0 radical (unpaired) electrons. The predicted molar refractivity (Wildman–Crippen MR) is 109 cm³/mol. The monoisotopic (exact) mass is 401 g/mol. The van der Waals surface area contributed by atoms with Crippen LogP contribution in [0.15, 0.2) is 35.5 Å². The van der Waals surface area contributed by atoms with Crippen LogP contribution in [0.5, 0.6) is 0 Å². The van der Waals surface area contributed by atoms with Gasteiger partial charge in [0.15, 0.2) is 0 Å². The van der Waals surface area contributed by atoms with Crippen LogP contribution in [0.25, 0.3) is 0 Å². The molecule has 0 aliphatic carbocycles. The van der Waals surface area contributed by atoms with Crippen molar-refractivity contribution in [2.45, 2.75) is 37.8 Å². The molecule has 8 heteroatoms. The number of carbonyl (C=O) groups excluding carboxylic acids is 2. The molecule has 0 bridgehead atoms. The maximum absolute atomic E-state index is 12.5. The van der Waals surface area contributed by atoms with Crippen molar-refractivity contribution >= 4 is 23.6 Å². The highest BCUT2D eigenvalue weighted by molar-refractivity contribution is 7.99. The van der Waals surface area contributed by atoms with Crippen molar-refractivity contribution in [3.63, 3.8) is 0 Å². The van der Waals surface area contributed by atoms with Crippen molar-refractivity contribution in [2.24, 2.45) is 5.92 Å². The summed E-state index contributed by atoms with van der Waals surface area (Å²) in [6.07, 6.45) is 2.94. The normalized spacial score (nSPS) is 17.0. The molecule has 1 atom stereocenters. The summed E-state index contributed by atoms with van der Waals surface area (Å²) in [7, 11) is 0. The lowest BCUT2D eigenvalue weighted by Crippen LogP contribution is -2.46. The molecule has 3 rings (SSSR count). The minimum absolute atomic E-state index is 0.0346. The van der Waals surface area contributed by atoms with E-state index in [-0.39, 0.29) is 17.7 Å². The summed E-state index contributed by atoms with van der Waals surface area (Å²) in [5, 5.41) is 10.5. The van der Waals surface area contributed by atoms with E-state index in [1.165, 1.54) is 17.3 Å². The number of hydrogen-bond donors (Lipinski definition) is 2. The second-order valence-corrected chi connectivity index (χ2v) is 8.07. The summed E-state index contributed by atoms with van der Waals surface area (Å²) in [5.41, 5.74) is 1.28. The zero-order valence-electron chi connectivity index (χ0n) is 16.2. The second-order valence-electron chi connectivity index (χ2n) is 7.01. The molecule has 0 unspecified atom stereocenters. The molecule has 2 aromatic rings. The molecule has 1 aromatic carbocycles. The standard InChI is InChI=1S/C20H27N5O2S/c1-15-22-20(24-23-15)28-13-11-21-19(27)17-9-10-18(26)25(14-17)12-5-8-16-6-3-2-4-7-16/h2-4,6-7,17H,5,8-14H2,1H3,(H,21,27)(H,22,23,24)/t17-/m0/s1. The van der Waals surface area contributed by atoms with Crippen molar-refractivity contribution in [3.8, 4) is 0 Å². The number of H-pyrrole nitrogens is 1. The number of nitrogens with one attached hydrogen (secondary N) is 2. The lowest BCUT2D eigenvalue weighted by Gasteiger charge is -2.32. The quantitative estimate of drug-likeness (QED) is 0.496. The van der Waals surface area contributed by atoms with Crippen LogP contribution in [0.2, 0.25) is 0 Å². The highest BCUT2D eigenvalue weighted by Gasteiger charge is 2.29. The number of aromatic amines is 1. The predicted octanol–water partition coefficient (Wildman–Crippen LogP) is 2.19. The molecule has 1 fully saturated rings. The van der Waals surface area contributed by atoms with E-state index in [1.54, 1.807) is 0 Å². The molecule has 1 aromatic heterocycles. The number of benzene rings is 1. The van der Waals surface area contributed by atoms with Crippen LogP contribution in [0.1, 0.15) is 30.7 Å². The average molecular weight is 402 g/mol. The van der Waals surface area contributed by atoms with Gasteiger partial charge in [0.2, 0.25) is 17.0 Å². The molecule has 150 valence electrons. The third-order valence-corrected chi connectivity index (χ3v) is 5.67. The summed E-state index contributed by atoms with van der Waals surface area (Å²) in [4.78, 5) is 30.7. The first kappa shape index (κ1) is 20.4. The van der Waals surface area contributed by atoms with Gasteiger partial charge in [-0.3, -0.25) is 14.7 Å². The van der Waals surface area contributed by atoms with E-state index in [4.69, 9.17) is 0 Å². The van der Waals surface area contributed by atoms with Crippen LogP contribution < -0.4 is 5.32 Å². The van der Waals surface area contributed by atoms with E-state index < -0.39 is 0 Å². The number of hydrogen-bond acceptors (Lipinski definition) is 5. The number of amides is 2. The molecule has 28 heavy (non-hydrogen) atoms. The minimum atomic E-state index is -0.120. The fourth-order valence-corrected chi connectivity index (χ4v) is 4.01. The molecular weight excluding hydrogens is 374 g/mol. The second kappa shape index (κ2) is 10.3. The van der Waals surface area contributed by atoms with E-state index in [2.05, 4.69) is 32.6 Å². The molecule has 0 saturated carbocycles. The van der Waals surface area contributed by atoms with Gasteiger partial charge in [0, 0.05) is 31.8 Å². The van der Waals surface area contributed by atoms with Gasteiger partial charge >= 0.3 is 0 Å². The van der Waals surface area contributed by atoms with Crippen LogP contribution >= 0.6 is 11.8 Å². The number of likely N-dealkylation sites (tertiary alicyclic amines) is 1. The van der Waals surface area contributed by atoms with Crippen LogP contribution in [-0.2, 0) is 16.0 Å². The summed E-state index contributed by atoms with van der Waals surface area (Å²) >= 11 is 1.51. The van der Waals surface area contributed by atoms with Gasteiger partial charge in [-0.1, -0.05) is 42.1 Å². The number of nitrogens with zero attached hydrogens (tertiary/aromatic N) is 3. The average Bonchev–Trinajstić information content (AvgIpc) is 3.12.